The minimum absolute atomic E-state index is 0.241. The van der Waals surface area contributed by atoms with Crippen molar-refractivity contribution in [3.05, 3.63) is 30.1 Å². The Morgan fingerprint density at radius 3 is 2.65 bits per heavy atom. The van der Waals surface area contributed by atoms with Gasteiger partial charge in [0, 0.05) is 25.0 Å². The Morgan fingerprint density at radius 1 is 1.41 bits per heavy atom. The number of likely N-dealkylation sites (N-methyl/N-ethyl adjacent to an activating group) is 1. The van der Waals surface area contributed by atoms with E-state index < -0.39 is 0 Å². The summed E-state index contributed by atoms with van der Waals surface area (Å²) in [5.74, 6) is 0.504. The zero-order valence-corrected chi connectivity index (χ0v) is 11.3. The summed E-state index contributed by atoms with van der Waals surface area (Å²) < 4.78 is 5.85. The molecule has 0 aliphatic rings. The minimum atomic E-state index is 0.241. The van der Waals surface area contributed by atoms with Crippen molar-refractivity contribution in [3.8, 4) is 0 Å². The fraction of sp³-hybridized carbons (Fsp3) is 0.643. The van der Waals surface area contributed by atoms with E-state index in [2.05, 4.69) is 30.2 Å². The van der Waals surface area contributed by atoms with Gasteiger partial charge in [0.05, 0.1) is 6.10 Å². The van der Waals surface area contributed by atoms with E-state index in [-0.39, 0.29) is 6.10 Å². The molecule has 0 aromatic carbocycles. The van der Waals surface area contributed by atoms with Gasteiger partial charge >= 0.3 is 0 Å². The Kier molecular flexibility index (Phi) is 6.16. The first-order chi connectivity index (χ1) is 8.19. The lowest BCUT2D eigenvalue weighted by Crippen LogP contribution is -2.44. The van der Waals surface area contributed by atoms with Crippen molar-refractivity contribution in [2.45, 2.75) is 39.3 Å². The second-order valence-corrected chi connectivity index (χ2v) is 4.62. The van der Waals surface area contributed by atoms with Crippen molar-refractivity contribution in [3.63, 3.8) is 0 Å². The van der Waals surface area contributed by atoms with E-state index in [0.29, 0.717) is 12.0 Å². The SMILES string of the molecule is CCOC(C(C)C)C(Cc1cccnc1)NC. The van der Waals surface area contributed by atoms with Gasteiger partial charge in [-0.1, -0.05) is 19.9 Å². The standard InChI is InChI=1S/C14H24N2O/c1-5-17-14(11(2)3)13(15-4)9-12-7-6-8-16-10-12/h6-8,10-11,13-15H,5,9H2,1-4H3. The van der Waals surface area contributed by atoms with E-state index in [1.807, 2.05) is 26.2 Å². The van der Waals surface area contributed by atoms with Crippen molar-refractivity contribution < 1.29 is 4.74 Å². The highest BCUT2D eigenvalue weighted by Gasteiger charge is 2.23. The van der Waals surface area contributed by atoms with Crippen LogP contribution in [-0.2, 0) is 11.2 Å². The van der Waals surface area contributed by atoms with Gasteiger partial charge in [-0.05, 0) is 37.9 Å². The maximum Gasteiger partial charge on any atom is 0.0753 e. The van der Waals surface area contributed by atoms with Gasteiger partial charge in [0.1, 0.15) is 0 Å². The molecule has 0 fully saturated rings. The predicted octanol–water partition coefficient (Wildman–Crippen LogP) is 2.27. The highest BCUT2D eigenvalue weighted by atomic mass is 16.5. The number of nitrogens with zero attached hydrogens (tertiary/aromatic N) is 1. The van der Waals surface area contributed by atoms with Crippen molar-refractivity contribution in [1.29, 1.82) is 0 Å². The summed E-state index contributed by atoms with van der Waals surface area (Å²) in [6.45, 7) is 7.21. The third kappa shape index (κ3) is 4.44. The van der Waals surface area contributed by atoms with Gasteiger partial charge in [0.2, 0.25) is 0 Å². The molecule has 96 valence electrons. The first-order valence-electron chi connectivity index (χ1n) is 6.36. The summed E-state index contributed by atoms with van der Waals surface area (Å²) in [5.41, 5.74) is 1.25. The summed E-state index contributed by atoms with van der Waals surface area (Å²) in [6, 6.07) is 4.42. The van der Waals surface area contributed by atoms with Gasteiger partial charge in [-0.25, -0.2) is 0 Å². The van der Waals surface area contributed by atoms with E-state index in [1.54, 1.807) is 6.20 Å². The Bertz CT molecular complexity index is 300. The highest BCUT2D eigenvalue weighted by Crippen LogP contribution is 2.15. The highest BCUT2D eigenvalue weighted by molar-refractivity contribution is 5.11. The van der Waals surface area contributed by atoms with Gasteiger partial charge in [-0.3, -0.25) is 4.98 Å². The summed E-state index contributed by atoms with van der Waals surface area (Å²) >= 11 is 0. The van der Waals surface area contributed by atoms with Crippen LogP contribution in [0.25, 0.3) is 0 Å². The van der Waals surface area contributed by atoms with Crippen LogP contribution < -0.4 is 5.32 Å². The van der Waals surface area contributed by atoms with Crippen molar-refractivity contribution >= 4 is 0 Å². The molecule has 1 aromatic heterocycles. The maximum atomic E-state index is 5.85. The second kappa shape index (κ2) is 7.41. The molecule has 17 heavy (non-hydrogen) atoms. The Labute approximate surface area is 105 Å². The van der Waals surface area contributed by atoms with Crippen LogP contribution >= 0.6 is 0 Å². The van der Waals surface area contributed by atoms with Gasteiger partial charge < -0.3 is 10.1 Å². The molecule has 3 nitrogen and oxygen atoms in total. The average molecular weight is 236 g/mol. The van der Waals surface area contributed by atoms with Gasteiger partial charge in [-0.15, -0.1) is 0 Å². The van der Waals surface area contributed by atoms with Crippen LogP contribution in [0.4, 0.5) is 0 Å². The summed E-state index contributed by atoms with van der Waals surface area (Å²) in [6.07, 6.45) is 4.92. The molecule has 0 spiro atoms. The molecule has 0 bridgehead atoms. The zero-order chi connectivity index (χ0) is 12.7. The third-order valence-corrected chi connectivity index (χ3v) is 2.96. The first kappa shape index (κ1) is 14.1. The number of ether oxygens (including phenoxy) is 1. The normalized spacial score (nSPS) is 14.9. The average Bonchev–Trinajstić information content (AvgIpc) is 2.34. The summed E-state index contributed by atoms with van der Waals surface area (Å²) in [4.78, 5) is 4.15. The minimum Gasteiger partial charge on any atom is -0.377 e. The summed E-state index contributed by atoms with van der Waals surface area (Å²) in [5, 5.41) is 3.36. The smallest absolute Gasteiger partial charge is 0.0753 e. The number of rotatable bonds is 7. The molecule has 0 amide bonds. The molecule has 3 heteroatoms. The molecule has 0 radical (unpaired) electrons. The molecule has 1 heterocycles. The molecule has 0 saturated heterocycles. The van der Waals surface area contributed by atoms with Gasteiger partial charge in [0.15, 0.2) is 0 Å². The molecule has 0 aliphatic carbocycles. The van der Waals surface area contributed by atoms with Crippen LogP contribution in [0.5, 0.6) is 0 Å². The number of hydrogen-bond acceptors (Lipinski definition) is 3. The third-order valence-electron chi connectivity index (χ3n) is 2.96. The second-order valence-electron chi connectivity index (χ2n) is 4.62. The molecule has 1 rings (SSSR count). The Balaban J connectivity index is 2.69. The first-order valence-corrected chi connectivity index (χ1v) is 6.36. The van der Waals surface area contributed by atoms with Crippen LogP contribution in [0.15, 0.2) is 24.5 Å². The van der Waals surface area contributed by atoms with Crippen molar-refractivity contribution in [2.75, 3.05) is 13.7 Å². The Hall–Kier alpha value is -0.930. The quantitative estimate of drug-likeness (QED) is 0.788. The van der Waals surface area contributed by atoms with Gasteiger partial charge in [-0.2, -0.15) is 0 Å². The largest absolute Gasteiger partial charge is 0.377 e. The van der Waals surface area contributed by atoms with E-state index >= 15 is 0 Å². The van der Waals surface area contributed by atoms with Crippen molar-refractivity contribution in [1.82, 2.24) is 10.3 Å². The van der Waals surface area contributed by atoms with Crippen LogP contribution in [0, 0.1) is 5.92 Å². The lowest BCUT2D eigenvalue weighted by atomic mass is 9.94. The molecular formula is C14H24N2O. The molecular weight excluding hydrogens is 212 g/mol. The fourth-order valence-corrected chi connectivity index (χ4v) is 2.12. The molecule has 0 aliphatic heterocycles. The van der Waals surface area contributed by atoms with Crippen LogP contribution in [0.3, 0.4) is 0 Å². The number of hydrogen-bond donors (Lipinski definition) is 1. The van der Waals surface area contributed by atoms with E-state index in [0.717, 1.165) is 13.0 Å². The molecule has 1 aromatic rings. The van der Waals surface area contributed by atoms with E-state index in [4.69, 9.17) is 4.74 Å². The molecule has 0 saturated carbocycles. The number of nitrogens with one attached hydrogen (secondary N) is 1. The lowest BCUT2D eigenvalue weighted by Gasteiger charge is -2.29. The van der Waals surface area contributed by atoms with Crippen LogP contribution in [0.1, 0.15) is 26.3 Å². The van der Waals surface area contributed by atoms with Crippen molar-refractivity contribution in [2.24, 2.45) is 5.92 Å². The summed E-state index contributed by atoms with van der Waals surface area (Å²) in [7, 11) is 2.00. The number of aromatic nitrogens is 1. The molecule has 2 unspecified atom stereocenters. The van der Waals surface area contributed by atoms with Gasteiger partial charge in [0.25, 0.3) is 0 Å². The fourth-order valence-electron chi connectivity index (χ4n) is 2.12. The molecule has 1 N–H and O–H groups in total. The predicted molar refractivity (Wildman–Crippen MR) is 71.0 cm³/mol. The zero-order valence-electron chi connectivity index (χ0n) is 11.3. The lowest BCUT2D eigenvalue weighted by molar-refractivity contribution is 0.00534. The molecule has 2 atom stereocenters. The Morgan fingerprint density at radius 2 is 2.18 bits per heavy atom. The van der Waals surface area contributed by atoms with Crippen LogP contribution in [0.2, 0.25) is 0 Å². The maximum absolute atomic E-state index is 5.85. The van der Waals surface area contributed by atoms with E-state index in [1.165, 1.54) is 5.56 Å². The monoisotopic (exact) mass is 236 g/mol. The van der Waals surface area contributed by atoms with Crippen LogP contribution in [-0.4, -0.2) is 30.8 Å². The number of pyridine rings is 1. The topological polar surface area (TPSA) is 34.1 Å². The van der Waals surface area contributed by atoms with E-state index in [9.17, 15) is 0 Å².